The summed E-state index contributed by atoms with van der Waals surface area (Å²) in [5, 5.41) is 0. The highest BCUT2D eigenvalue weighted by Crippen LogP contribution is 2.29. The number of carbonyl (C=O) groups is 1. The number of hydrogen-bond donors (Lipinski definition) is 0. The Morgan fingerprint density at radius 3 is 2.68 bits per heavy atom. The van der Waals surface area contributed by atoms with Crippen molar-refractivity contribution in [2.24, 2.45) is 0 Å². The van der Waals surface area contributed by atoms with Crippen LogP contribution in [0, 0.1) is 0 Å². The van der Waals surface area contributed by atoms with Crippen LogP contribution in [-0.2, 0) is 4.79 Å². The van der Waals surface area contributed by atoms with Gasteiger partial charge in [-0.25, -0.2) is 4.79 Å². The number of halogens is 1. The van der Waals surface area contributed by atoms with Crippen LogP contribution in [0.2, 0.25) is 0 Å². The van der Waals surface area contributed by atoms with Crippen molar-refractivity contribution in [3.05, 3.63) is 39.5 Å². The van der Waals surface area contributed by atoms with Crippen LogP contribution in [0.5, 0.6) is 11.5 Å². The van der Waals surface area contributed by atoms with Crippen molar-refractivity contribution in [3.8, 4) is 11.5 Å². The molecule has 3 nitrogen and oxygen atoms in total. The first kappa shape index (κ1) is 15.6. The lowest BCUT2D eigenvalue weighted by Crippen LogP contribution is -2.09. The van der Waals surface area contributed by atoms with Gasteiger partial charge in [0.1, 0.15) is 0 Å². The van der Waals surface area contributed by atoms with E-state index in [2.05, 4.69) is 4.51 Å². The van der Waals surface area contributed by atoms with Crippen LogP contribution >= 0.6 is 20.7 Å². The summed E-state index contributed by atoms with van der Waals surface area (Å²) in [6.45, 7) is 3.67. The molecule has 0 bridgehead atoms. The van der Waals surface area contributed by atoms with E-state index in [9.17, 15) is 4.79 Å². The predicted octanol–water partition coefficient (Wildman–Crippen LogP) is 3.94. The van der Waals surface area contributed by atoms with Gasteiger partial charge in [-0.05, 0) is 35.6 Å². The van der Waals surface area contributed by atoms with Gasteiger partial charge >= 0.3 is 5.97 Å². The van der Waals surface area contributed by atoms with E-state index in [1.807, 2.05) is 35.3 Å². The summed E-state index contributed by atoms with van der Waals surface area (Å²) in [6, 6.07) is 5.44. The van der Waals surface area contributed by atoms with Gasteiger partial charge in [0.25, 0.3) is 0 Å². The molecule has 1 aromatic rings. The number of methoxy groups -OCH3 is 1. The molecule has 0 radical (unpaired) electrons. The molecule has 19 heavy (non-hydrogen) atoms. The van der Waals surface area contributed by atoms with Crippen molar-refractivity contribution in [3.63, 3.8) is 0 Å². The fourth-order valence-corrected chi connectivity index (χ4v) is 2.32. The first-order chi connectivity index (χ1) is 9.12. The van der Waals surface area contributed by atoms with E-state index in [-0.39, 0.29) is 26.7 Å². The largest absolute Gasteiger partial charge is 0.493 e. The molecule has 102 valence electrons. The summed E-state index contributed by atoms with van der Waals surface area (Å²) in [5.41, 5.74) is 1.58. The second kappa shape index (κ2) is 7.89. The Morgan fingerprint density at radius 2 is 2.11 bits per heavy atom. The van der Waals surface area contributed by atoms with Crippen LogP contribution < -0.4 is 9.47 Å². The molecule has 0 aromatic heterocycles. The van der Waals surface area contributed by atoms with Crippen LogP contribution in [0.25, 0.3) is 6.08 Å². The van der Waals surface area contributed by atoms with Gasteiger partial charge in [0.2, 0.25) is 0 Å². The third kappa shape index (κ3) is 4.63. The Morgan fingerprint density at radius 1 is 1.37 bits per heavy atom. The second-order valence-electron chi connectivity index (χ2n) is 3.75. The summed E-state index contributed by atoms with van der Waals surface area (Å²) >= 11 is -0.318. The molecule has 0 aliphatic heterocycles. The third-order valence-electron chi connectivity index (χ3n) is 2.31. The lowest BCUT2D eigenvalue weighted by atomic mass is 10.2. The Kier molecular flexibility index (Phi) is 6.49. The molecule has 0 saturated carbocycles. The number of allylic oxidation sites excluding steroid dienone is 1. The van der Waals surface area contributed by atoms with Crippen LogP contribution in [0.4, 0.5) is 0 Å². The maximum Gasteiger partial charge on any atom is 0.339 e. The van der Waals surface area contributed by atoms with Gasteiger partial charge in [-0.15, -0.1) is 20.7 Å². The van der Waals surface area contributed by atoms with E-state index in [1.54, 1.807) is 20.1 Å². The topological polar surface area (TPSA) is 35.5 Å². The normalized spacial score (nSPS) is 11.6. The van der Waals surface area contributed by atoms with Crippen molar-refractivity contribution in [2.75, 3.05) is 7.11 Å². The molecule has 0 N–H and O–H groups in total. The fourth-order valence-electron chi connectivity index (χ4n) is 1.41. The number of hydrogen-bond acceptors (Lipinski definition) is 3. The molecule has 0 atom stereocenters. The molecule has 0 heterocycles. The lowest BCUT2D eigenvalue weighted by molar-refractivity contribution is -0.130. The first-order valence-corrected chi connectivity index (χ1v) is 8.46. The molecule has 0 aliphatic carbocycles. The summed E-state index contributed by atoms with van der Waals surface area (Å²) in [6.07, 6.45) is 3.89. The molecule has 1 aromatic carbocycles. The van der Waals surface area contributed by atoms with E-state index < -0.39 is 0 Å². The number of benzene rings is 1. The van der Waals surface area contributed by atoms with E-state index in [4.69, 9.17) is 9.47 Å². The molecular weight excluding hydrogens is 355 g/mol. The maximum absolute atomic E-state index is 11.8. The standard InChI is InChI=1S/C15H17IO3/c1-5-6-12-7-8-13(14(9-12)18-4)19-15(17)11(2)10-16-3/h5-10H,3H2,1-2,4H3/b6-5+,11-10-. The van der Waals surface area contributed by atoms with Crippen LogP contribution in [0.3, 0.4) is 0 Å². The highest BCUT2D eigenvalue weighted by molar-refractivity contribution is 14.2. The van der Waals surface area contributed by atoms with Crippen molar-refractivity contribution in [1.29, 1.82) is 0 Å². The third-order valence-corrected chi connectivity index (χ3v) is 3.69. The Balaban J connectivity index is 2.98. The molecular formula is C15H17IO3. The van der Waals surface area contributed by atoms with Gasteiger partial charge in [-0.2, -0.15) is 0 Å². The number of rotatable bonds is 5. The van der Waals surface area contributed by atoms with E-state index >= 15 is 0 Å². The Bertz CT molecular complexity index is 530. The van der Waals surface area contributed by atoms with Gasteiger partial charge in [0.15, 0.2) is 11.5 Å². The van der Waals surface area contributed by atoms with E-state index in [0.29, 0.717) is 17.1 Å². The Hall–Kier alpha value is -1.43. The van der Waals surface area contributed by atoms with Crippen molar-refractivity contribution in [1.82, 2.24) is 0 Å². The molecule has 0 amide bonds. The molecule has 4 heteroatoms. The van der Waals surface area contributed by atoms with Crippen LogP contribution in [0.15, 0.2) is 33.9 Å². The smallest absolute Gasteiger partial charge is 0.339 e. The zero-order chi connectivity index (χ0) is 14.3. The predicted molar refractivity (Wildman–Crippen MR) is 88.2 cm³/mol. The highest BCUT2D eigenvalue weighted by Gasteiger charge is 2.11. The van der Waals surface area contributed by atoms with Gasteiger partial charge in [0, 0.05) is 5.57 Å². The lowest BCUT2D eigenvalue weighted by Gasteiger charge is -2.10. The van der Waals surface area contributed by atoms with Crippen molar-refractivity contribution >= 4 is 37.3 Å². The summed E-state index contributed by atoms with van der Waals surface area (Å²) in [7, 11) is 1.55. The van der Waals surface area contributed by atoms with Crippen LogP contribution in [-0.4, -0.2) is 17.6 Å². The molecule has 0 aliphatic rings. The average molecular weight is 372 g/mol. The Labute approximate surface area is 123 Å². The minimum atomic E-state index is -0.361. The molecule has 0 spiro atoms. The zero-order valence-electron chi connectivity index (χ0n) is 11.3. The monoisotopic (exact) mass is 372 g/mol. The maximum atomic E-state index is 11.8. The van der Waals surface area contributed by atoms with Crippen molar-refractivity contribution < 1.29 is 14.3 Å². The fraction of sp³-hybridized carbons (Fsp3) is 0.200. The van der Waals surface area contributed by atoms with Crippen molar-refractivity contribution in [2.45, 2.75) is 13.8 Å². The van der Waals surface area contributed by atoms with Gasteiger partial charge in [-0.3, -0.25) is 0 Å². The minimum absolute atomic E-state index is 0.318. The molecule has 1 rings (SSSR count). The number of esters is 1. The van der Waals surface area contributed by atoms with Gasteiger partial charge in [0.05, 0.1) is 7.11 Å². The average Bonchev–Trinajstić information content (AvgIpc) is 2.41. The molecule has 0 unspecified atom stereocenters. The van der Waals surface area contributed by atoms with Gasteiger partial charge in [-0.1, -0.05) is 22.7 Å². The molecule has 0 saturated heterocycles. The van der Waals surface area contributed by atoms with Crippen LogP contribution in [0.1, 0.15) is 19.4 Å². The quantitative estimate of drug-likeness (QED) is 0.340. The molecule has 0 fully saturated rings. The number of ether oxygens (including phenoxy) is 2. The number of carbonyl (C=O) groups excluding carboxylic acids is 1. The van der Waals surface area contributed by atoms with Gasteiger partial charge < -0.3 is 9.47 Å². The first-order valence-electron chi connectivity index (χ1n) is 5.69. The SMILES string of the molecule is C=I/C=C(/C)C(=O)Oc1ccc(/C=C/C)cc1OC. The highest BCUT2D eigenvalue weighted by atomic mass is 127. The minimum Gasteiger partial charge on any atom is -0.493 e. The summed E-state index contributed by atoms with van der Waals surface area (Å²) in [5.74, 6) is 0.609. The zero-order valence-corrected chi connectivity index (χ0v) is 13.4. The summed E-state index contributed by atoms with van der Waals surface area (Å²) < 4.78 is 16.2. The second-order valence-corrected chi connectivity index (χ2v) is 5.25. The summed E-state index contributed by atoms with van der Waals surface area (Å²) in [4.78, 5) is 11.8. The van der Waals surface area contributed by atoms with E-state index in [1.165, 1.54) is 0 Å². The van der Waals surface area contributed by atoms with E-state index in [0.717, 1.165) is 5.56 Å².